The van der Waals surface area contributed by atoms with Crippen molar-refractivity contribution in [2.24, 2.45) is 0 Å². The average Bonchev–Trinajstić information content (AvgIpc) is 2.58. The Morgan fingerprint density at radius 3 is 1.59 bits per heavy atom. The van der Waals surface area contributed by atoms with Gasteiger partial charge in [0.2, 0.25) is 0 Å². The summed E-state index contributed by atoms with van der Waals surface area (Å²) in [5.41, 5.74) is 2.87. The van der Waals surface area contributed by atoms with E-state index in [1.165, 1.54) is 21.7 Å². The fraction of sp³-hybridized carbons (Fsp3) is 0.143. The Morgan fingerprint density at radius 2 is 1.09 bits per heavy atom. The summed E-state index contributed by atoms with van der Waals surface area (Å²) in [4.78, 5) is 0. The van der Waals surface area contributed by atoms with Gasteiger partial charge in [-0.3, -0.25) is 0 Å². The minimum absolute atomic E-state index is 1.15. The van der Waals surface area contributed by atoms with Crippen molar-refractivity contribution in [3.63, 3.8) is 0 Å². The van der Waals surface area contributed by atoms with Gasteiger partial charge in [-0.15, -0.1) is 0 Å². The summed E-state index contributed by atoms with van der Waals surface area (Å²) < 4.78 is 0. The summed E-state index contributed by atoms with van der Waals surface area (Å²) in [6, 6.07) is 30.9. The van der Waals surface area contributed by atoms with Crippen molar-refractivity contribution in [1.29, 1.82) is 0 Å². The fourth-order valence-corrected chi connectivity index (χ4v) is 6.93. The maximum atomic E-state index is 2.49. The molecule has 0 spiro atoms. The summed E-state index contributed by atoms with van der Waals surface area (Å²) in [6.45, 7) is 4.71. The van der Waals surface area contributed by atoms with Crippen LogP contribution in [0, 0.1) is 6.92 Å². The van der Waals surface area contributed by atoms with Crippen LogP contribution < -0.4 is 10.6 Å². The molecule has 0 atom stereocenters. The molecule has 1 heteroatoms. The first-order chi connectivity index (χ1) is 10.7. The molecule has 0 unspecified atom stereocenters. The Bertz CT molecular complexity index is 693. The van der Waals surface area contributed by atoms with Crippen molar-refractivity contribution in [2.45, 2.75) is 13.1 Å². The van der Waals surface area contributed by atoms with Crippen molar-refractivity contribution in [3.05, 3.63) is 96.1 Å². The van der Waals surface area contributed by atoms with Gasteiger partial charge in [-0.25, -0.2) is 0 Å². The number of hydrogen-bond donors (Lipinski definition) is 0. The normalized spacial score (nSPS) is 12.1. The van der Waals surface area contributed by atoms with E-state index < -0.39 is 7.26 Å². The van der Waals surface area contributed by atoms with Gasteiger partial charge in [0.05, 0.1) is 0 Å². The Morgan fingerprint density at radius 1 is 0.636 bits per heavy atom. The third-order valence-corrected chi connectivity index (χ3v) is 8.93. The molecule has 0 nitrogen and oxygen atoms in total. The van der Waals surface area contributed by atoms with Crippen molar-refractivity contribution >= 4 is 17.9 Å². The zero-order valence-electron chi connectivity index (χ0n) is 13.3. The number of aryl methyl sites for hydroxylation is 1. The zero-order valence-corrected chi connectivity index (χ0v) is 14.3. The van der Waals surface area contributed by atoms with Gasteiger partial charge in [0.1, 0.15) is 0 Å². The molecule has 112 valence electrons. The van der Waals surface area contributed by atoms with E-state index >= 15 is 0 Å². The Balaban J connectivity index is 2.10. The van der Waals surface area contributed by atoms with E-state index in [4.69, 9.17) is 0 Å². The van der Waals surface area contributed by atoms with Crippen LogP contribution in [0.4, 0.5) is 0 Å². The molecule has 3 rings (SSSR count). The number of hydrogen-bond acceptors (Lipinski definition) is 0. The van der Waals surface area contributed by atoms with E-state index in [9.17, 15) is 0 Å². The number of benzene rings is 3. The van der Waals surface area contributed by atoms with Gasteiger partial charge < -0.3 is 0 Å². The molecule has 3 aromatic carbocycles. The van der Waals surface area contributed by atoms with Gasteiger partial charge in [0.25, 0.3) is 0 Å². The van der Waals surface area contributed by atoms with Gasteiger partial charge in [-0.1, -0.05) is 0 Å². The van der Waals surface area contributed by atoms with Gasteiger partial charge >= 0.3 is 134 Å². The van der Waals surface area contributed by atoms with Crippen LogP contribution >= 0.6 is 7.26 Å². The minimum atomic E-state index is -1.77. The van der Waals surface area contributed by atoms with E-state index in [2.05, 4.69) is 98.5 Å². The van der Waals surface area contributed by atoms with E-state index in [0.717, 1.165) is 6.16 Å². The molecule has 0 fully saturated rings. The monoisotopic (exact) mass is 306 g/mol. The van der Waals surface area contributed by atoms with Crippen molar-refractivity contribution in [3.8, 4) is 0 Å². The molecule has 0 heterocycles. The molecule has 0 N–H and O–H groups in total. The van der Waals surface area contributed by atoms with Crippen LogP contribution in [0.2, 0.25) is 0 Å². The molecule has 0 aromatic heterocycles. The molecule has 0 radical (unpaired) electrons. The van der Waals surface area contributed by atoms with Gasteiger partial charge in [0.15, 0.2) is 0 Å². The van der Waals surface area contributed by atoms with Crippen molar-refractivity contribution < 1.29 is 0 Å². The molecule has 0 saturated heterocycles. The van der Waals surface area contributed by atoms with Gasteiger partial charge in [0, 0.05) is 0 Å². The topological polar surface area (TPSA) is 0 Å². The Labute approximate surface area is 134 Å². The van der Waals surface area contributed by atoms with Crippen molar-refractivity contribution in [2.75, 3.05) is 6.66 Å². The van der Waals surface area contributed by atoms with E-state index in [0.29, 0.717) is 0 Å². The zero-order chi connectivity index (χ0) is 15.4. The fourth-order valence-electron chi connectivity index (χ4n) is 3.17. The second kappa shape index (κ2) is 6.46. The first-order valence-corrected chi connectivity index (χ1v) is 10.6. The first kappa shape index (κ1) is 15.0. The first-order valence-electron chi connectivity index (χ1n) is 7.86. The van der Waals surface area contributed by atoms with Crippen LogP contribution in [-0.2, 0) is 6.16 Å². The van der Waals surface area contributed by atoms with E-state index in [1.807, 2.05) is 0 Å². The summed E-state index contributed by atoms with van der Waals surface area (Å²) in [5, 5.41) is 3.01. The second-order valence-electron chi connectivity index (χ2n) is 6.17. The molecule has 0 aliphatic rings. The van der Waals surface area contributed by atoms with Crippen LogP contribution in [0.5, 0.6) is 0 Å². The quantitative estimate of drug-likeness (QED) is 0.621. The summed E-state index contributed by atoms with van der Waals surface area (Å²) in [5.74, 6) is 0. The third kappa shape index (κ3) is 2.98. The Hall–Kier alpha value is -1.91. The molecule has 22 heavy (non-hydrogen) atoms. The molecular weight excluding hydrogens is 283 g/mol. The van der Waals surface area contributed by atoms with Crippen LogP contribution in [0.25, 0.3) is 0 Å². The predicted octanol–water partition coefficient (Wildman–Crippen LogP) is 4.53. The second-order valence-corrected chi connectivity index (χ2v) is 10.3. The average molecular weight is 306 g/mol. The molecule has 0 aliphatic heterocycles. The molecule has 3 aromatic rings. The van der Waals surface area contributed by atoms with Gasteiger partial charge in [-0.05, 0) is 0 Å². The number of rotatable bonds is 4. The molecule has 0 amide bonds. The van der Waals surface area contributed by atoms with Gasteiger partial charge in [-0.2, -0.15) is 0 Å². The third-order valence-electron chi connectivity index (χ3n) is 4.63. The summed E-state index contributed by atoms with van der Waals surface area (Å²) in [7, 11) is -1.77. The summed E-state index contributed by atoms with van der Waals surface area (Å²) in [6.07, 6.45) is 1.15. The maximum absolute atomic E-state index is 2.49. The molecule has 0 bridgehead atoms. The van der Waals surface area contributed by atoms with Crippen LogP contribution in [-0.4, -0.2) is 6.66 Å². The molecule has 0 aliphatic carbocycles. The van der Waals surface area contributed by atoms with Crippen molar-refractivity contribution in [1.82, 2.24) is 0 Å². The Kier molecular flexibility index (Phi) is 4.41. The predicted molar refractivity (Wildman–Crippen MR) is 101 cm³/mol. The standard InChI is InChI=1S/C21H23P/c1-18-11-9-10-12-19(18)17-22(2,20-13-5-3-6-14-20)21-15-7-4-8-16-21/h3-16,22H,17H2,1-2H3. The SMILES string of the molecule is Cc1ccccc1C[PH](C)(c1ccccc1)c1ccccc1. The van der Waals surface area contributed by atoms with Crippen LogP contribution in [0.15, 0.2) is 84.9 Å². The molecule has 0 saturated carbocycles. The van der Waals surface area contributed by atoms with E-state index in [1.54, 1.807) is 0 Å². The summed E-state index contributed by atoms with van der Waals surface area (Å²) >= 11 is 0. The van der Waals surface area contributed by atoms with E-state index in [-0.39, 0.29) is 0 Å². The van der Waals surface area contributed by atoms with Crippen LogP contribution in [0.1, 0.15) is 11.1 Å². The van der Waals surface area contributed by atoms with Crippen LogP contribution in [0.3, 0.4) is 0 Å². The molecular formula is C21H23P.